The minimum atomic E-state index is 0.279. The molecule has 4 nitrogen and oxygen atoms in total. The number of hydrazone groups is 1. The Morgan fingerprint density at radius 3 is 2.74 bits per heavy atom. The quantitative estimate of drug-likeness (QED) is 0.344. The zero-order valence-corrected chi connectivity index (χ0v) is 13.9. The van der Waals surface area contributed by atoms with Gasteiger partial charge in [0.25, 0.3) is 0 Å². The molecule has 0 bridgehead atoms. The van der Waals surface area contributed by atoms with E-state index in [0.717, 1.165) is 35.1 Å². The first-order valence-corrected chi connectivity index (χ1v) is 7.46. The van der Waals surface area contributed by atoms with Crippen molar-refractivity contribution in [2.45, 2.75) is 33.6 Å². The summed E-state index contributed by atoms with van der Waals surface area (Å²) in [5, 5.41) is 22.5. The Morgan fingerprint density at radius 1 is 1.43 bits per heavy atom. The first kappa shape index (κ1) is 18.2. The molecule has 2 N–H and O–H groups in total. The fourth-order valence-corrected chi connectivity index (χ4v) is 2.30. The number of aryl methyl sites for hydroxylation is 2. The van der Waals surface area contributed by atoms with Crippen LogP contribution in [0.4, 0.5) is 0 Å². The van der Waals surface area contributed by atoms with Gasteiger partial charge in [-0.3, -0.25) is 5.43 Å². The highest BCUT2D eigenvalue weighted by molar-refractivity contribution is 5.42. The van der Waals surface area contributed by atoms with Crippen LogP contribution in [-0.4, -0.2) is 11.8 Å². The van der Waals surface area contributed by atoms with Crippen molar-refractivity contribution in [1.82, 2.24) is 5.43 Å². The van der Waals surface area contributed by atoms with Crippen LogP contribution in [-0.2, 0) is 6.42 Å². The number of benzene rings is 1. The minimum absolute atomic E-state index is 0.279. The van der Waals surface area contributed by atoms with E-state index in [9.17, 15) is 10.4 Å². The van der Waals surface area contributed by atoms with E-state index in [1.54, 1.807) is 12.1 Å². The molecule has 4 heteroatoms. The van der Waals surface area contributed by atoms with Crippen molar-refractivity contribution in [3.05, 3.63) is 64.4 Å². The number of phenols is 1. The van der Waals surface area contributed by atoms with Gasteiger partial charge in [-0.25, -0.2) is 0 Å². The number of nitrogens with zero attached hydrogens (tertiary/aromatic N) is 2. The molecule has 0 radical (unpaired) electrons. The summed E-state index contributed by atoms with van der Waals surface area (Å²) < 4.78 is 0. The molecule has 0 aliphatic rings. The first-order valence-electron chi connectivity index (χ1n) is 7.46. The molecule has 0 atom stereocenters. The Balaban J connectivity index is 3.04. The summed E-state index contributed by atoms with van der Waals surface area (Å²) >= 11 is 0. The van der Waals surface area contributed by atoms with Gasteiger partial charge in [0.05, 0.1) is 0 Å². The van der Waals surface area contributed by atoms with E-state index in [-0.39, 0.29) is 5.75 Å². The van der Waals surface area contributed by atoms with Crippen molar-refractivity contribution in [1.29, 1.82) is 5.26 Å². The average molecular weight is 309 g/mol. The molecule has 0 amide bonds. The molecule has 1 aromatic carbocycles. The average Bonchev–Trinajstić information content (AvgIpc) is 2.51. The first-order chi connectivity index (χ1) is 11.0. The van der Waals surface area contributed by atoms with Gasteiger partial charge in [0.2, 0.25) is 0 Å². The molecule has 0 saturated carbocycles. The standard InChI is InChI=1S/C19H23N3O/c1-5-6-7-17(15(3)19(13-20)22-21-4)9-8-16-10-14(2)11-18(23)12-16/h5-7,10-12,22-23H,4,8-9H2,1-3H3/b6-5-,17-7+,19-15+. The molecule has 23 heavy (non-hydrogen) atoms. The van der Waals surface area contributed by atoms with Gasteiger partial charge >= 0.3 is 0 Å². The van der Waals surface area contributed by atoms with Crippen molar-refractivity contribution in [3.63, 3.8) is 0 Å². The highest BCUT2D eigenvalue weighted by atomic mass is 16.3. The zero-order valence-electron chi connectivity index (χ0n) is 13.9. The third-order valence-electron chi connectivity index (χ3n) is 3.45. The molecule has 0 fully saturated rings. The molecule has 0 unspecified atom stereocenters. The molecule has 0 heterocycles. The van der Waals surface area contributed by atoms with E-state index in [4.69, 9.17) is 0 Å². The highest BCUT2D eigenvalue weighted by Gasteiger charge is 2.08. The van der Waals surface area contributed by atoms with Crippen LogP contribution in [0, 0.1) is 18.3 Å². The summed E-state index contributed by atoms with van der Waals surface area (Å²) in [6.45, 7) is 9.15. The van der Waals surface area contributed by atoms with E-state index in [0.29, 0.717) is 5.70 Å². The van der Waals surface area contributed by atoms with Gasteiger partial charge in [-0.15, -0.1) is 0 Å². The fraction of sp³-hybridized carbons (Fsp3) is 0.263. The normalized spacial score (nSPS) is 12.7. The van der Waals surface area contributed by atoms with Gasteiger partial charge in [0, 0.05) is 6.72 Å². The second-order valence-electron chi connectivity index (χ2n) is 5.28. The van der Waals surface area contributed by atoms with Crippen LogP contribution in [0.2, 0.25) is 0 Å². The van der Waals surface area contributed by atoms with E-state index in [1.165, 1.54) is 0 Å². The largest absolute Gasteiger partial charge is 0.508 e. The monoisotopic (exact) mass is 309 g/mol. The van der Waals surface area contributed by atoms with E-state index in [2.05, 4.69) is 29.4 Å². The van der Waals surface area contributed by atoms with Gasteiger partial charge in [-0.2, -0.15) is 10.4 Å². The number of aromatic hydroxyl groups is 1. The van der Waals surface area contributed by atoms with Crippen LogP contribution in [0.3, 0.4) is 0 Å². The van der Waals surface area contributed by atoms with Crippen LogP contribution in [0.1, 0.15) is 31.4 Å². The number of nitriles is 1. The highest BCUT2D eigenvalue weighted by Crippen LogP contribution is 2.22. The Labute approximate surface area is 138 Å². The number of hydrogen-bond donors (Lipinski definition) is 2. The maximum absolute atomic E-state index is 9.70. The minimum Gasteiger partial charge on any atom is -0.508 e. The number of allylic oxidation sites excluding steroid dienone is 6. The summed E-state index contributed by atoms with van der Waals surface area (Å²) in [6.07, 6.45) is 7.41. The third kappa shape index (κ3) is 5.84. The maximum atomic E-state index is 9.70. The van der Waals surface area contributed by atoms with Crippen molar-refractivity contribution in [2.24, 2.45) is 5.10 Å². The van der Waals surface area contributed by atoms with Crippen molar-refractivity contribution < 1.29 is 5.11 Å². The van der Waals surface area contributed by atoms with Gasteiger partial charge < -0.3 is 5.11 Å². The van der Waals surface area contributed by atoms with Gasteiger partial charge in [-0.05, 0) is 68.0 Å². The molecular weight excluding hydrogens is 286 g/mol. The lowest BCUT2D eigenvalue weighted by atomic mass is 9.96. The van der Waals surface area contributed by atoms with Crippen molar-refractivity contribution in [2.75, 3.05) is 0 Å². The predicted octanol–water partition coefficient (Wildman–Crippen LogP) is 4.14. The molecule has 1 rings (SSSR count). The lowest BCUT2D eigenvalue weighted by Crippen LogP contribution is -2.07. The molecule has 0 aliphatic carbocycles. The van der Waals surface area contributed by atoms with E-state index in [1.807, 2.05) is 39.0 Å². The molecule has 0 aliphatic heterocycles. The van der Waals surface area contributed by atoms with Gasteiger partial charge in [0.15, 0.2) is 0 Å². The second kappa shape index (κ2) is 9.26. The Morgan fingerprint density at radius 2 is 2.17 bits per heavy atom. The molecule has 0 saturated heterocycles. The lowest BCUT2D eigenvalue weighted by Gasteiger charge is -2.11. The molecule has 0 spiro atoms. The predicted molar refractivity (Wildman–Crippen MR) is 95.1 cm³/mol. The molecule has 1 aromatic rings. The van der Waals surface area contributed by atoms with Crippen LogP contribution < -0.4 is 5.43 Å². The van der Waals surface area contributed by atoms with Crippen LogP contribution >= 0.6 is 0 Å². The third-order valence-corrected chi connectivity index (χ3v) is 3.45. The maximum Gasteiger partial charge on any atom is 0.137 e. The molecular formula is C19H23N3O. The second-order valence-corrected chi connectivity index (χ2v) is 5.28. The summed E-state index contributed by atoms with van der Waals surface area (Å²) in [7, 11) is 0. The lowest BCUT2D eigenvalue weighted by molar-refractivity contribution is 0.474. The van der Waals surface area contributed by atoms with E-state index < -0.39 is 0 Å². The summed E-state index contributed by atoms with van der Waals surface area (Å²) in [4.78, 5) is 0. The number of phenolic OH excluding ortho intramolecular Hbond substituents is 1. The summed E-state index contributed by atoms with van der Waals surface area (Å²) in [5.74, 6) is 0.279. The SMILES string of the molecule is C=NN/C(C#N)=C(C)/C(=C/C=C\C)CCc1cc(C)cc(O)c1. The Kier molecular flexibility index (Phi) is 7.35. The Bertz CT molecular complexity index is 671. The number of nitrogens with one attached hydrogen (secondary N) is 1. The topological polar surface area (TPSA) is 68.4 Å². The molecule has 120 valence electrons. The van der Waals surface area contributed by atoms with Crippen LogP contribution in [0.25, 0.3) is 0 Å². The van der Waals surface area contributed by atoms with Crippen LogP contribution in [0.15, 0.2) is 58.4 Å². The van der Waals surface area contributed by atoms with Gasteiger partial charge in [-0.1, -0.05) is 24.3 Å². The van der Waals surface area contributed by atoms with Crippen molar-refractivity contribution in [3.8, 4) is 11.8 Å². The summed E-state index contributed by atoms with van der Waals surface area (Å²) in [5.41, 5.74) is 7.00. The fourth-order valence-electron chi connectivity index (χ4n) is 2.30. The smallest absolute Gasteiger partial charge is 0.137 e. The zero-order chi connectivity index (χ0) is 17.2. The number of rotatable bonds is 7. The van der Waals surface area contributed by atoms with E-state index >= 15 is 0 Å². The Hall–Kier alpha value is -2.80. The number of hydrogen-bond acceptors (Lipinski definition) is 4. The van der Waals surface area contributed by atoms with Crippen LogP contribution in [0.5, 0.6) is 5.75 Å². The van der Waals surface area contributed by atoms with Crippen molar-refractivity contribution >= 4 is 6.72 Å². The molecule has 0 aromatic heterocycles. The summed E-state index contributed by atoms with van der Waals surface area (Å²) in [6, 6.07) is 7.67. The van der Waals surface area contributed by atoms with Gasteiger partial charge in [0.1, 0.15) is 17.5 Å².